The van der Waals surface area contributed by atoms with Gasteiger partial charge in [-0.3, -0.25) is 0 Å². The topological polar surface area (TPSA) is 50.9 Å². The first-order chi connectivity index (χ1) is 6.84. The number of hydrogen-bond acceptors (Lipinski definition) is 4. The van der Waals surface area contributed by atoms with Crippen LogP contribution < -0.4 is 11.1 Å². The fraction of sp³-hybridized carbons (Fsp3) is 0.300. The van der Waals surface area contributed by atoms with Crippen molar-refractivity contribution in [3.8, 4) is 0 Å². The van der Waals surface area contributed by atoms with E-state index in [1.165, 1.54) is 10.1 Å². The lowest BCUT2D eigenvalue weighted by atomic mass is 10.3. The molecule has 4 heteroatoms. The van der Waals surface area contributed by atoms with E-state index in [1.54, 1.807) is 11.3 Å². The summed E-state index contributed by atoms with van der Waals surface area (Å²) in [4.78, 5) is 4.33. The molecule has 0 radical (unpaired) electrons. The second-order valence-corrected chi connectivity index (χ2v) is 4.59. The lowest BCUT2D eigenvalue weighted by Crippen LogP contribution is -2.13. The van der Waals surface area contributed by atoms with Crippen molar-refractivity contribution in [2.24, 2.45) is 5.73 Å². The number of hydrogen-bond donors (Lipinski definition) is 2. The Morgan fingerprint density at radius 3 is 3.14 bits per heavy atom. The van der Waals surface area contributed by atoms with Crippen molar-refractivity contribution in [3.05, 3.63) is 23.7 Å². The van der Waals surface area contributed by atoms with E-state index in [-0.39, 0.29) is 0 Å². The van der Waals surface area contributed by atoms with E-state index in [1.807, 2.05) is 12.3 Å². The smallest absolute Gasteiger partial charge is 0.134 e. The highest BCUT2D eigenvalue weighted by Crippen LogP contribution is 2.29. The van der Waals surface area contributed by atoms with Crippen LogP contribution in [0, 0.1) is 0 Å². The zero-order valence-electron chi connectivity index (χ0n) is 7.60. The molecule has 0 spiro atoms. The van der Waals surface area contributed by atoms with Crippen molar-refractivity contribution in [1.29, 1.82) is 0 Å². The van der Waals surface area contributed by atoms with Crippen LogP contribution in [0.1, 0.15) is 6.42 Å². The van der Waals surface area contributed by atoms with E-state index < -0.39 is 0 Å². The van der Waals surface area contributed by atoms with Gasteiger partial charge < -0.3 is 11.1 Å². The molecule has 72 valence electrons. The van der Waals surface area contributed by atoms with Gasteiger partial charge in [0.15, 0.2) is 0 Å². The molecular weight excluding hydrogens is 194 g/mol. The summed E-state index contributed by atoms with van der Waals surface area (Å²) < 4.78 is 1.27. The third-order valence-corrected chi connectivity index (χ3v) is 3.42. The standard InChI is InChI=1S/C10H11N3S/c11-7-5-8(7)13-10-6-2-4-14-9(6)1-3-12-10/h1-4,7-8H,5,11H2,(H,12,13). The van der Waals surface area contributed by atoms with Crippen molar-refractivity contribution >= 4 is 27.2 Å². The van der Waals surface area contributed by atoms with Gasteiger partial charge in [0, 0.05) is 28.4 Å². The molecule has 0 amide bonds. The van der Waals surface area contributed by atoms with Gasteiger partial charge in [-0.2, -0.15) is 0 Å². The maximum atomic E-state index is 5.75. The SMILES string of the molecule is NC1CC1Nc1nccc2sccc12. The van der Waals surface area contributed by atoms with Crippen LogP contribution in [0.5, 0.6) is 0 Å². The van der Waals surface area contributed by atoms with Gasteiger partial charge in [0.2, 0.25) is 0 Å². The summed E-state index contributed by atoms with van der Waals surface area (Å²) >= 11 is 1.74. The van der Waals surface area contributed by atoms with Crippen molar-refractivity contribution in [1.82, 2.24) is 4.98 Å². The molecule has 1 aliphatic carbocycles. The Labute approximate surface area is 86.0 Å². The lowest BCUT2D eigenvalue weighted by Gasteiger charge is -2.04. The first kappa shape index (κ1) is 8.20. The number of thiophene rings is 1. The minimum absolute atomic E-state index is 0.311. The van der Waals surface area contributed by atoms with E-state index in [4.69, 9.17) is 5.73 Å². The zero-order chi connectivity index (χ0) is 9.54. The van der Waals surface area contributed by atoms with Crippen LogP contribution in [0.25, 0.3) is 10.1 Å². The highest BCUT2D eigenvalue weighted by molar-refractivity contribution is 7.17. The summed E-state index contributed by atoms with van der Waals surface area (Å²) in [5.41, 5.74) is 5.75. The molecule has 0 aliphatic heterocycles. The summed E-state index contributed by atoms with van der Waals surface area (Å²) in [6, 6.07) is 4.88. The predicted octanol–water partition coefficient (Wildman–Crippen LogP) is 1.81. The molecule has 0 saturated heterocycles. The Morgan fingerprint density at radius 2 is 2.36 bits per heavy atom. The first-order valence-electron chi connectivity index (χ1n) is 4.69. The summed E-state index contributed by atoms with van der Waals surface area (Å²) in [5, 5.41) is 6.66. The van der Waals surface area contributed by atoms with Gasteiger partial charge in [0.1, 0.15) is 5.82 Å². The number of rotatable bonds is 2. The lowest BCUT2D eigenvalue weighted by molar-refractivity contribution is 0.999. The van der Waals surface area contributed by atoms with Gasteiger partial charge in [-0.1, -0.05) is 0 Å². The molecule has 1 saturated carbocycles. The van der Waals surface area contributed by atoms with Crippen molar-refractivity contribution in [2.45, 2.75) is 18.5 Å². The van der Waals surface area contributed by atoms with Crippen LogP contribution in [0.3, 0.4) is 0 Å². The van der Waals surface area contributed by atoms with Crippen LogP contribution in [-0.4, -0.2) is 17.1 Å². The maximum absolute atomic E-state index is 5.75. The van der Waals surface area contributed by atoms with Crippen LogP contribution in [0.2, 0.25) is 0 Å². The third kappa shape index (κ3) is 1.27. The molecule has 3 N–H and O–H groups in total. The van der Waals surface area contributed by atoms with Gasteiger partial charge in [-0.25, -0.2) is 4.98 Å². The molecule has 2 heterocycles. The van der Waals surface area contributed by atoms with Gasteiger partial charge in [0.25, 0.3) is 0 Å². The van der Waals surface area contributed by atoms with Crippen molar-refractivity contribution in [2.75, 3.05) is 5.32 Å². The van der Waals surface area contributed by atoms with E-state index >= 15 is 0 Å². The van der Waals surface area contributed by atoms with Crippen molar-refractivity contribution in [3.63, 3.8) is 0 Å². The summed E-state index contributed by atoms with van der Waals surface area (Å²) in [7, 11) is 0. The molecule has 2 unspecified atom stereocenters. The molecule has 3 nitrogen and oxygen atoms in total. The Kier molecular flexibility index (Phi) is 1.72. The molecule has 14 heavy (non-hydrogen) atoms. The van der Waals surface area contributed by atoms with Crippen LogP contribution >= 0.6 is 11.3 Å². The van der Waals surface area contributed by atoms with E-state index in [0.29, 0.717) is 12.1 Å². The van der Waals surface area contributed by atoms with Crippen molar-refractivity contribution < 1.29 is 0 Å². The Bertz CT molecular complexity index is 465. The summed E-state index contributed by atoms with van der Waals surface area (Å²) in [5.74, 6) is 0.974. The molecule has 0 aromatic carbocycles. The monoisotopic (exact) mass is 205 g/mol. The summed E-state index contributed by atoms with van der Waals surface area (Å²) in [6.45, 7) is 0. The number of aromatic nitrogens is 1. The first-order valence-corrected chi connectivity index (χ1v) is 5.57. The molecule has 1 aliphatic rings. The molecular formula is C10H11N3S. The maximum Gasteiger partial charge on any atom is 0.134 e. The third-order valence-electron chi connectivity index (χ3n) is 2.54. The average Bonchev–Trinajstić information content (AvgIpc) is 2.69. The van der Waals surface area contributed by atoms with E-state index in [2.05, 4.69) is 21.7 Å². The van der Waals surface area contributed by atoms with E-state index in [9.17, 15) is 0 Å². The quantitative estimate of drug-likeness (QED) is 0.786. The van der Waals surface area contributed by atoms with E-state index in [0.717, 1.165) is 12.2 Å². The number of nitrogens with two attached hydrogens (primary N) is 1. The average molecular weight is 205 g/mol. The van der Waals surface area contributed by atoms with Crippen LogP contribution in [0.15, 0.2) is 23.7 Å². The Balaban J connectivity index is 1.98. The molecule has 3 rings (SSSR count). The van der Waals surface area contributed by atoms with Gasteiger partial charge in [-0.05, 0) is 23.9 Å². The molecule has 1 fully saturated rings. The second kappa shape index (κ2) is 2.93. The van der Waals surface area contributed by atoms with Gasteiger partial charge >= 0.3 is 0 Å². The Morgan fingerprint density at radius 1 is 1.50 bits per heavy atom. The normalized spacial score (nSPS) is 25.2. The number of nitrogens with one attached hydrogen (secondary N) is 1. The minimum atomic E-state index is 0.311. The number of nitrogens with zero attached hydrogens (tertiary/aromatic N) is 1. The fourth-order valence-electron chi connectivity index (χ4n) is 1.57. The highest BCUT2D eigenvalue weighted by atomic mass is 32.1. The van der Waals surface area contributed by atoms with Crippen LogP contribution in [0.4, 0.5) is 5.82 Å². The predicted molar refractivity (Wildman–Crippen MR) is 59.6 cm³/mol. The van der Waals surface area contributed by atoms with Gasteiger partial charge in [-0.15, -0.1) is 11.3 Å². The number of anilines is 1. The Hall–Kier alpha value is -1.13. The molecule has 2 aromatic rings. The molecule has 2 atom stereocenters. The van der Waals surface area contributed by atoms with Gasteiger partial charge in [0.05, 0.1) is 0 Å². The largest absolute Gasteiger partial charge is 0.365 e. The number of fused-ring (bicyclic) bond motifs is 1. The molecule has 0 bridgehead atoms. The highest BCUT2D eigenvalue weighted by Gasteiger charge is 2.33. The number of pyridine rings is 1. The second-order valence-electron chi connectivity index (χ2n) is 3.64. The fourth-order valence-corrected chi connectivity index (χ4v) is 2.35. The molecule has 2 aromatic heterocycles. The summed E-state index contributed by atoms with van der Waals surface area (Å²) in [6.07, 6.45) is 2.90. The van der Waals surface area contributed by atoms with Crippen LogP contribution in [-0.2, 0) is 0 Å². The zero-order valence-corrected chi connectivity index (χ0v) is 8.42. The minimum Gasteiger partial charge on any atom is -0.365 e.